The maximum absolute atomic E-state index is 11.9. The maximum Gasteiger partial charge on any atom is 0.314 e. The van der Waals surface area contributed by atoms with Gasteiger partial charge in [0.2, 0.25) is 0 Å². The minimum absolute atomic E-state index is 0.0708. The lowest BCUT2D eigenvalue weighted by Gasteiger charge is -2.21. The van der Waals surface area contributed by atoms with Crippen LogP contribution in [0.1, 0.15) is 25.4 Å². The predicted octanol–water partition coefficient (Wildman–Crippen LogP) is 1.63. The first-order chi connectivity index (χ1) is 10.9. The molecule has 7 nitrogen and oxygen atoms in total. The number of aliphatic hydroxyl groups is 1. The van der Waals surface area contributed by atoms with Crippen molar-refractivity contribution < 1.29 is 14.3 Å². The summed E-state index contributed by atoms with van der Waals surface area (Å²) < 4.78 is 7.22. The van der Waals surface area contributed by atoms with Crippen molar-refractivity contribution in [2.75, 3.05) is 13.1 Å². The van der Waals surface area contributed by atoms with E-state index in [4.69, 9.17) is 4.42 Å². The topological polar surface area (TPSA) is 92.3 Å². The summed E-state index contributed by atoms with van der Waals surface area (Å²) in [6.45, 7) is 6.99. The van der Waals surface area contributed by atoms with Crippen LogP contribution in [0.2, 0.25) is 0 Å². The molecule has 2 amide bonds. The number of amides is 2. The largest absolute Gasteiger partial charge is 0.466 e. The Hall–Kier alpha value is -2.28. The fraction of sp³-hybridized carbons (Fsp3) is 0.500. The Kier molecular flexibility index (Phi) is 5.44. The molecule has 2 aromatic heterocycles. The van der Waals surface area contributed by atoms with Crippen molar-refractivity contribution in [3.8, 4) is 0 Å². The molecular weight excluding hydrogens is 296 g/mol. The van der Waals surface area contributed by atoms with Crippen LogP contribution in [0.3, 0.4) is 0 Å². The van der Waals surface area contributed by atoms with Gasteiger partial charge in [-0.05, 0) is 31.9 Å². The van der Waals surface area contributed by atoms with Gasteiger partial charge in [0.05, 0.1) is 12.8 Å². The van der Waals surface area contributed by atoms with Gasteiger partial charge in [0.15, 0.2) is 0 Å². The van der Waals surface area contributed by atoms with Crippen molar-refractivity contribution in [3.63, 3.8) is 0 Å². The molecule has 3 N–H and O–H groups in total. The van der Waals surface area contributed by atoms with Gasteiger partial charge >= 0.3 is 6.03 Å². The van der Waals surface area contributed by atoms with Crippen LogP contribution >= 0.6 is 0 Å². The highest BCUT2D eigenvalue weighted by Crippen LogP contribution is 2.19. The molecule has 0 aliphatic carbocycles. The van der Waals surface area contributed by atoms with E-state index in [1.807, 2.05) is 17.7 Å². The number of rotatable bonds is 7. The molecule has 0 fully saturated rings. The lowest BCUT2D eigenvalue weighted by atomic mass is 10.0. The Morgan fingerprint density at radius 3 is 2.91 bits per heavy atom. The van der Waals surface area contributed by atoms with Gasteiger partial charge in [-0.3, -0.25) is 0 Å². The van der Waals surface area contributed by atoms with E-state index in [0.29, 0.717) is 12.3 Å². The fourth-order valence-electron chi connectivity index (χ4n) is 2.25. The Morgan fingerprint density at radius 1 is 1.52 bits per heavy atom. The second-order valence-electron chi connectivity index (χ2n) is 6.05. The molecule has 23 heavy (non-hydrogen) atoms. The highest BCUT2D eigenvalue weighted by atomic mass is 16.4. The monoisotopic (exact) mass is 320 g/mol. The number of nitrogens with zero attached hydrogens (tertiary/aromatic N) is 2. The molecule has 7 heteroatoms. The zero-order valence-electron chi connectivity index (χ0n) is 13.7. The standard InChI is InChI=1S/C16H24N4O3/c1-12(10-20-7-6-17-13(20)2)9-18-15(21)19-11-16(3,22)14-5-4-8-23-14/h4-8,12,22H,9-11H2,1-3H3,(H2,18,19,21). The van der Waals surface area contributed by atoms with Gasteiger partial charge in [-0.25, -0.2) is 9.78 Å². The van der Waals surface area contributed by atoms with E-state index in [0.717, 1.165) is 12.4 Å². The van der Waals surface area contributed by atoms with Crippen LogP contribution in [0.15, 0.2) is 35.2 Å². The number of aryl methyl sites for hydroxylation is 1. The number of hydrogen-bond donors (Lipinski definition) is 3. The Bertz CT molecular complexity index is 619. The summed E-state index contributed by atoms with van der Waals surface area (Å²) in [6.07, 6.45) is 5.18. The number of carbonyl (C=O) groups excluding carboxylic acids is 1. The molecular formula is C16H24N4O3. The van der Waals surface area contributed by atoms with Crippen LogP contribution in [0.4, 0.5) is 4.79 Å². The van der Waals surface area contributed by atoms with Gasteiger partial charge in [-0.1, -0.05) is 6.92 Å². The van der Waals surface area contributed by atoms with Gasteiger partial charge in [0, 0.05) is 25.5 Å². The Labute approximate surface area is 135 Å². The Morgan fingerprint density at radius 2 is 2.30 bits per heavy atom. The summed E-state index contributed by atoms with van der Waals surface area (Å²) >= 11 is 0. The maximum atomic E-state index is 11.9. The van der Waals surface area contributed by atoms with E-state index >= 15 is 0 Å². The average molecular weight is 320 g/mol. The lowest BCUT2D eigenvalue weighted by Crippen LogP contribution is -2.44. The zero-order valence-corrected chi connectivity index (χ0v) is 13.7. The van der Waals surface area contributed by atoms with E-state index < -0.39 is 5.60 Å². The first-order valence-corrected chi connectivity index (χ1v) is 7.64. The molecule has 0 radical (unpaired) electrons. The first-order valence-electron chi connectivity index (χ1n) is 7.64. The number of imidazole rings is 1. The summed E-state index contributed by atoms with van der Waals surface area (Å²) in [5.41, 5.74) is -1.24. The van der Waals surface area contributed by atoms with Gasteiger partial charge < -0.3 is 24.7 Å². The van der Waals surface area contributed by atoms with Crippen LogP contribution < -0.4 is 10.6 Å². The van der Waals surface area contributed by atoms with E-state index in [2.05, 4.69) is 22.5 Å². The summed E-state index contributed by atoms with van der Waals surface area (Å²) in [5, 5.41) is 15.7. The number of nitrogens with one attached hydrogen (secondary N) is 2. The number of aromatic nitrogens is 2. The van der Waals surface area contributed by atoms with Crippen molar-refractivity contribution in [3.05, 3.63) is 42.4 Å². The third-order valence-corrected chi connectivity index (χ3v) is 3.69. The van der Waals surface area contributed by atoms with Gasteiger partial charge in [-0.2, -0.15) is 0 Å². The molecule has 0 saturated heterocycles. The lowest BCUT2D eigenvalue weighted by molar-refractivity contribution is 0.0367. The highest BCUT2D eigenvalue weighted by Gasteiger charge is 2.26. The number of furan rings is 1. The van der Waals surface area contributed by atoms with Crippen LogP contribution in [0.25, 0.3) is 0 Å². The molecule has 0 aliphatic rings. The second-order valence-corrected chi connectivity index (χ2v) is 6.05. The molecule has 2 rings (SSSR count). The van der Waals surface area contributed by atoms with Gasteiger partial charge in [0.25, 0.3) is 0 Å². The second kappa shape index (κ2) is 7.32. The summed E-state index contributed by atoms with van der Waals surface area (Å²) in [6, 6.07) is 3.06. The number of carbonyl (C=O) groups is 1. The van der Waals surface area contributed by atoms with Crippen molar-refractivity contribution in [2.24, 2.45) is 5.92 Å². The van der Waals surface area contributed by atoms with E-state index in [1.165, 1.54) is 6.26 Å². The zero-order chi connectivity index (χ0) is 16.9. The summed E-state index contributed by atoms with van der Waals surface area (Å²) in [5.74, 6) is 1.64. The van der Waals surface area contributed by atoms with Crippen molar-refractivity contribution >= 4 is 6.03 Å². The van der Waals surface area contributed by atoms with E-state index in [1.54, 1.807) is 25.3 Å². The third-order valence-electron chi connectivity index (χ3n) is 3.69. The molecule has 2 atom stereocenters. The molecule has 2 unspecified atom stereocenters. The van der Waals surface area contributed by atoms with Crippen LogP contribution in [0, 0.1) is 12.8 Å². The molecule has 0 spiro atoms. The van der Waals surface area contributed by atoms with Crippen LogP contribution in [-0.4, -0.2) is 33.8 Å². The summed E-state index contributed by atoms with van der Waals surface area (Å²) in [4.78, 5) is 16.0. The van der Waals surface area contributed by atoms with Gasteiger partial charge in [-0.15, -0.1) is 0 Å². The van der Waals surface area contributed by atoms with Crippen molar-refractivity contribution in [1.82, 2.24) is 20.2 Å². The SMILES string of the molecule is Cc1nccn1CC(C)CNC(=O)NCC(C)(O)c1ccco1. The van der Waals surface area contributed by atoms with Crippen LogP contribution in [-0.2, 0) is 12.1 Å². The third kappa shape index (κ3) is 4.85. The van der Waals surface area contributed by atoms with Crippen molar-refractivity contribution in [1.29, 1.82) is 0 Å². The van der Waals surface area contributed by atoms with E-state index in [-0.39, 0.29) is 18.5 Å². The number of hydrogen-bond acceptors (Lipinski definition) is 4. The van der Waals surface area contributed by atoms with Gasteiger partial charge in [0.1, 0.15) is 17.2 Å². The molecule has 126 valence electrons. The quantitative estimate of drug-likeness (QED) is 0.723. The smallest absolute Gasteiger partial charge is 0.314 e. The molecule has 2 heterocycles. The molecule has 0 aromatic carbocycles. The summed E-state index contributed by atoms with van der Waals surface area (Å²) in [7, 11) is 0. The Balaban J connectivity index is 1.72. The average Bonchev–Trinajstić information content (AvgIpc) is 3.16. The number of urea groups is 1. The first kappa shape index (κ1) is 17.1. The van der Waals surface area contributed by atoms with E-state index in [9.17, 15) is 9.90 Å². The highest BCUT2D eigenvalue weighted by molar-refractivity contribution is 5.73. The van der Waals surface area contributed by atoms with Crippen LogP contribution in [0.5, 0.6) is 0 Å². The predicted molar refractivity (Wildman–Crippen MR) is 85.8 cm³/mol. The minimum atomic E-state index is -1.24. The molecule has 0 saturated carbocycles. The normalized spacial score (nSPS) is 15.0. The molecule has 2 aromatic rings. The van der Waals surface area contributed by atoms with Crippen molar-refractivity contribution in [2.45, 2.75) is 32.9 Å². The minimum Gasteiger partial charge on any atom is -0.466 e. The molecule has 0 aliphatic heterocycles. The fourth-order valence-corrected chi connectivity index (χ4v) is 2.25. The molecule has 0 bridgehead atoms.